The molecule has 1 saturated carbocycles. The van der Waals surface area contributed by atoms with Gasteiger partial charge in [0.05, 0.1) is 5.41 Å². The monoisotopic (exact) mass is 258 g/mol. The number of nitrogens with zero attached hydrogens (tertiary/aromatic N) is 2. The molecule has 1 heterocycles. The molecule has 0 atom stereocenters. The SMILES string of the molecule is Cn1nc(Br)cc1CC1(C(=O)O)CC1. The second-order valence-corrected chi connectivity index (χ2v) is 4.66. The van der Waals surface area contributed by atoms with Crippen molar-refractivity contribution in [3.63, 3.8) is 0 Å². The zero-order chi connectivity index (χ0) is 10.3. The van der Waals surface area contributed by atoms with Gasteiger partial charge in [-0.1, -0.05) is 0 Å². The summed E-state index contributed by atoms with van der Waals surface area (Å²) in [6, 6.07) is 1.88. The average Bonchev–Trinajstić information content (AvgIpc) is 2.77. The number of aliphatic carboxylic acids is 1. The third-order valence-electron chi connectivity index (χ3n) is 2.77. The lowest BCUT2D eigenvalue weighted by molar-refractivity contribution is -0.143. The fourth-order valence-corrected chi connectivity index (χ4v) is 2.10. The number of rotatable bonds is 3. The van der Waals surface area contributed by atoms with Crippen LogP contribution in [0.2, 0.25) is 0 Å². The largest absolute Gasteiger partial charge is 0.481 e. The van der Waals surface area contributed by atoms with Crippen LogP contribution in [-0.2, 0) is 18.3 Å². The van der Waals surface area contributed by atoms with Crippen LogP contribution in [-0.4, -0.2) is 20.9 Å². The summed E-state index contributed by atoms with van der Waals surface area (Å²) in [5, 5.41) is 13.1. The van der Waals surface area contributed by atoms with E-state index < -0.39 is 11.4 Å². The van der Waals surface area contributed by atoms with Crippen LogP contribution < -0.4 is 0 Å². The number of carboxylic acid groups (broad SMARTS) is 1. The highest BCUT2D eigenvalue weighted by Gasteiger charge is 2.50. The first kappa shape index (κ1) is 9.71. The number of hydrogen-bond acceptors (Lipinski definition) is 2. The summed E-state index contributed by atoms with van der Waals surface area (Å²) in [6.45, 7) is 0. The van der Waals surface area contributed by atoms with Crippen LogP contribution in [0, 0.1) is 5.41 Å². The quantitative estimate of drug-likeness (QED) is 0.896. The van der Waals surface area contributed by atoms with Gasteiger partial charge in [-0.3, -0.25) is 9.48 Å². The Balaban J connectivity index is 2.19. The molecule has 0 bridgehead atoms. The van der Waals surface area contributed by atoms with Crippen LogP contribution in [0.3, 0.4) is 0 Å². The van der Waals surface area contributed by atoms with Crippen LogP contribution in [0.4, 0.5) is 0 Å². The maximum absolute atomic E-state index is 11.0. The van der Waals surface area contributed by atoms with Gasteiger partial charge >= 0.3 is 5.97 Å². The molecule has 0 radical (unpaired) electrons. The minimum absolute atomic E-state index is 0.507. The summed E-state index contributed by atoms with van der Waals surface area (Å²) in [7, 11) is 1.83. The van der Waals surface area contributed by atoms with Gasteiger partial charge in [-0.2, -0.15) is 5.10 Å². The topological polar surface area (TPSA) is 55.1 Å². The van der Waals surface area contributed by atoms with Crippen LogP contribution in [0.5, 0.6) is 0 Å². The molecule has 0 aromatic carbocycles. The Labute approximate surface area is 90.0 Å². The molecule has 5 heteroatoms. The molecule has 1 fully saturated rings. The van der Waals surface area contributed by atoms with Gasteiger partial charge in [-0.05, 0) is 34.8 Å². The van der Waals surface area contributed by atoms with E-state index in [1.54, 1.807) is 4.68 Å². The lowest BCUT2D eigenvalue weighted by atomic mass is 10.0. The van der Waals surface area contributed by atoms with Gasteiger partial charge in [0.15, 0.2) is 0 Å². The van der Waals surface area contributed by atoms with Crippen molar-refractivity contribution in [2.75, 3.05) is 0 Å². The van der Waals surface area contributed by atoms with Crippen molar-refractivity contribution < 1.29 is 9.90 Å². The molecule has 2 rings (SSSR count). The predicted octanol–water partition coefficient (Wildman–Crippen LogP) is 1.59. The van der Waals surface area contributed by atoms with Gasteiger partial charge in [0.2, 0.25) is 0 Å². The molecule has 0 saturated heterocycles. The molecule has 0 unspecified atom stereocenters. The molecular weight excluding hydrogens is 248 g/mol. The Kier molecular flexibility index (Phi) is 2.14. The molecular formula is C9H11BrN2O2. The lowest BCUT2D eigenvalue weighted by Gasteiger charge is -2.08. The Hall–Kier alpha value is -0.840. The molecule has 0 aliphatic heterocycles. The summed E-state index contributed by atoms with van der Waals surface area (Å²) in [6.07, 6.45) is 2.15. The zero-order valence-electron chi connectivity index (χ0n) is 7.83. The molecule has 1 aliphatic rings. The summed E-state index contributed by atoms with van der Waals surface area (Å²) in [4.78, 5) is 11.0. The van der Waals surface area contributed by atoms with Gasteiger partial charge in [0, 0.05) is 19.2 Å². The first-order valence-electron chi connectivity index (χ1n) is 4.45. The third kappa shape index (κ3) is 1.56. The predicted molar refractivity (Wildman–Crippen MR) is 53.9 cm³/mol. The van der Waals surface area contributed by atoms with Crippen molar-refractivity contribution in [2.45, 2.75) is 19.3 Å². The number of halogens is 1. The minimum Gasteiger partial charge on any atom is -0.481 e. The maximum atomic E-state index is 11.0. The fraction of sp³-hybridized carbons (Fsp3) is 0.556. The molecule has 1 N–H and O–H groups in total. The normalized spacial score (nSPS) is 18.1. The number of carboxylic acids is 1. The van der Waals surface area contributed by atoms with Gasteiger partial charge in [-0.15, -0.1) is 0 Å². The Bertz CT molecular complexity index is 382. The molecule has 1 aliphatic carbocycles. The number of hydrogen-bond donors (Lipinski definition) is 1. The molecule has 0 amide bonds. The molecule has 1 aromatic rings. The van der Waals surface area contributed by atoms with E-state index >= 15 is 0 Å². The molecule has 76 valence electrons. The third-order valence-corrected chi connectivity index (χ3v) is 3.16. The van der Waals surface area contributed by atoms with Crippen LogP contribution in [0.25, 0.3) is 0 Å². The summed E-state index contributed by atoms with van der Waals surface area (Å²) < 4.78 is 2.49. The van der Waals surface area contributed by atoms with Crippen molar-refractivity contribution in [1.29, 1.82) is 0 Å². The number of aromatic nitrogens is 2. The molecule has 4 nitrogen and oxygen atoms in total. The average molecular weight is 259 g/mol. The fourth-order valence-electron chi connectivity index (χ4n) is 1.60. The Morgan fingerprint density at radius 2 is 2.43 bits per heavy atom. The van der Waals surface area contributed by atoms with E-state index in [1.165, 1.54) is 0 Å². The molecule has 0 spiro atoms. The second kappa shape index (κ2) is 3.08. The van der Waals surface area contributed by atoms with E-state index in [2.05, 4.69) is 21.0 Å². The van der Waals surface area contributed by atoms with E-state index in [9.17, 15) is 4.79 Å². The first-order chi connectivity index (χ1) is 6.53. The summed E-state index contributed by atoms with van der Waals surface area (Å²) in [5.74, 6) is -0.685. The number of carbonyl (C=O) groups is 1. The first-order valence-corrected chi connectivity index (χ1v) is 5.25. The van der Waals surface area contributed by atoms with Crippen molar-refractivity contribution in [2.24, 2.45) is 12.5 Å². The van der Waals surface area contributed by atoms with E-state index in [1.807, 2.05) is 13.1 Å². The lowest BCUT2D eigenvalue weighted by Crippen LogP contribution is -2.19. The summed E-state index contributed by atoms with van der Waals surface area (Å²) in [5.41, 5.74) is 0.463. The van der Waals surface area contributed by atoms with Crippen LogP contribution in [0.1, 0.15) is 18.5 Å². The van der Waals surface area contributed by atoms with Gasteiger partial charge in [0.1, 0.15) is 4.60 Å². The molecule has 1 aromatic heterocycles. The Morgan fingerprint density at radius 1 is 1.79 bits per heavy atom. The van der Waals surface area contributed by atoms with Gasteiger partial charge in [-0.25, -0.2) is 0 Å². The second-order valence-electron chi connectivity index (χ2n) is 3.84. The minimum atomic E-state index is -0.685. The van der Waals surface area contributed by atoms with Crippen molar-refractivity contribution in [1.82, 2.24) is 9.78 Å². The van der Waals surface area contributed by atoms with Crippen molar-refractivity contribution in [3.05, 3.63) is 16.4 Å². The maximum Gasteiger partial charge on any atom is 0.310 e. The summed E-state index contributed by atoms with van der Waals surface area (Å²) >= 11 is 3.27. The van der Waals surface area contributed by atoms with Gasteiger partial charge in [0.25, 0.3) is 0 Å². The molecule has 14 heavy (non-hydrogen) atoms. The highest BCUT2D eigenvalue weighted by atomic mass is 79.9. The highest BCUT2D eigenvalue weighted by Crippen LogP contribution is 2.48. The van der Waals surface area contributed by atoms with Gasteiger partial charge < -0.3 is 5.11 Å². The van der Waals surface area contributed by atoms with Crippen LogP contribution in [0.15, 0.2) is 10.7 Å². The van der Waals surface area contributed by atoms with Crippen molar-refractivity contribution in [3.8, 4) is 0 Å². The zero-order valence-corrected chi connectivity index (χ0v) is 9.41. The van der Waals surface area contributed by atoms with E-state index in [0.29, 0.717) is 6.42 Å². The number of aryl methyl sites for hydroxylation is 1. The standard InChI is InChI=1S/C9H11BrN2O2/c1-12-6(4-7(10)11-12)5-9(2-3-9)8(13)14/h4H,2-3,5H2,1H3,(H,13,14). The van der Waals surface area contributed by atoms with Crippen LogP contribution >= 0.6 is 15.9 Å². The van der Waals surface area contributed by atoms with E-state index in [0.717, 1.165) is 23.1 Å². The Morgan fingerprint density at radius 3 is 2.79 bits per heavy atom. The van der Waals surface area contributed by atoms with E-state index in [4.69, 9.17) is 5.11 Å². The van der Waals surface area contributed by atoms with Crippen molar-refractivity contribution >= 4 is 21.9 Å². The van der Waals surface area contributed by atoms with E-state index in [-0.39, 0.29) is 0 Å². The highest BCUT2D eigenvalue weighted by molar-refractivity contribution is 9.10. The smallest absolute Gasteiger partial charge is 0.310 e.